The standard InChI is InChI=1S/C54H82N6OS/c1-7-9-22-26-42-38(3)46-36-52-44(29-31-55)40(5)48(59-52)34-50-43(27-23-10-8-2)39(4)47(58-50)37-53-45(41(6)49(60-53)35-51(42)57-46)30-32-56-54(61)28-24-20-18-16-14-12-11-13-15-17-19-21-25-33-62/h34-37,59-60,62H,7-33,55H2,1-6H3,(H,56,61). The Kier molecular flexibility index (Phi) is 20.9. The highest BCUT2D eigenvalue weighted by atomic mass is 32.1. The van der Waals surface area contributed by atoms with Gasteiger partial charge in [-0.1, -0.05) is 110 Å². The third-order valence-electron chi connectivity index (χ3n) is 13.5. The molecule has 0 saturated heterocycles. The van der Waals surface area contributed by atoms with Crippen LogP contribution in [0.4, 0.5) is 0 Å². The van der Waals surface area contributed by atoms with Crippen molar-refractivity contribution in [2.45, 2.75) is 196 Å². The van der Waals surface area contributed by atoms with E-state index in [1.54, 1.807) is 0 Å². The fourth-order valence-corrected chi connectivity index (χ4v) is 9.72. The van der Waals surface area contributed by atoms with E-state index in [1.807, 2.05) is 0 Å². The summed E-state index contributed by atoms with van der Waals surface area (Å²) >= 11 is 4.31. The summed E-state index contributed by atoms with van der Waals surface area (Å²) < 4.78 is 0. The van der Waals surface area contributed by atoms with Gasteiger partial charge in [-0.15, -0.1) is 0 Å². The number of unbranched alkanes of at least 4 members (excludes halogenated alkanes) is 16. The van der Waals surface area contributed by atoms with Gasteiger partial charge >= 0.3 is 0 Å². The highest BCUT2D eigenvalue weighted by molar-refractivity contribution is 7.80. The molecule has 1 amide bonds. The molecule has 2 aliphatic heterocycles. The first kappa shape index (κ1) is 49.4. The first-order chi connectivity index (χ1) is 30.2. The number of nitrogens with zero attached hydrogens (tertiary/aromatic N) is 2. The molecule has 8 heteroatoms. The molecule has 7 nitrogen and oxygen atoms in total. The zero-order valence-electron chi connectivity index (χ0n) is 39.7. The minimum absolute atomic E-state index is 0.162. The van der Waals surface area contributed by atoms with Crippen LogP contribution in [-0.4, -0.2) is 44.7 Å². The van der Waals surface area contributed by atoms with Gasteiger partial charge in [-0.2, -0.15) is 12.6 Å². The minimum atomic E-state index is 0.162. The molecule has 0 fully saturated rings. The molecule has 340 valence electrons. The van der Waals surface area contributed by atoms with Crippen LogP contribution in [0.1, 0.15) is 214 Å². The van der Waals surface area contributed by atoms with Crippen molar-refractivity contribution in [3.05, 3.63) is 69.3 Å². The number of carbonyl (C=O) groups excluding carboxylic acids is 1. The van der Waals surface area contributed by atoms with Crippen molar-refractivity contribution in [2.24, 2.45) is 5.73 Å². The number of aryl methyl sites for hydroxylation is 2. The Morgan fingerprint density at radius 2 is 0.968 bits per heavy atom. The Hall–Kier alpha value is -3.62. The average molecular weight is 863 g/mol. The van der Waals surface area contributed by atoms with E-state index >= 15 is 0 Å². The fourth-order valence-electron chi connectivity index (χ4n) is 9.50. The molecular formula is C54H82N6OS. The van der Waals surface area contributed by atoms with Gasteiger partial charge in [-0.05, 0) is 160 Å². The maximum Gasteiger partial charge on any atom is 0.220 e. The number of hydrogen-bond acceptors (Lipinski definition) is 5. The number of rotatable bonds is 28. The van der Waals surface area contributed by atoms with Gasteiger partial charge in [0, 0.05) is 35.0 Å². The van der Waals surface area contributed by atoms with Crippen LogP contribution in [0, 0.1) is 13.8 Å². The number of aromatic amines is 2. The lowest BCUT2D eigenvalue weighted by Crippen LogP contribution is -2.25. The van der Waals surface area contributed by atoms with Gasteiger partial charge in [0.1, 0.15) is 0 Å². The first-order valence-electron chi connectivity index (χ1n) is 24.9. The molecule has 62 heavy (non-hydrogen) atoms. The van der Waals surface area contributed by atoms with Crippen LogP contribution >= 0.6 is 12.6 Å². The molecule has 0 unspecified atom stereocenters. The number of nitrogens with one attached hydrogen (secondary N) is 3. The quantitative estimate of drug-likeness (QED) is 0.0370. The number of carbonyl (C=O) groups is 1. The second kappa shape index (κ2) is 26.2. The zero-order chi connectivity index (χ0) is 44.3. The van der Waals surface area contributed by atoms with Crippen LogP contribution < -0.4 is 11.1 Å². The molecule has 3 aromatic rings. The summed E-state index contributed by atoms with van der Waals surface area (Å²) in [5, 5.41) is 3.28. The topological polar surface area (TPSA) is 112 Å². The normalized spacial score (nSPS) is 12.9. The summed E-state index contributed by atoms with van der Waals surface area (Å²) in [4.78, 5) is 31.5. The van der Waals surface area contributed by atoms with Gasteiger partial charge in [0.25, 0.3) is 0 Å². The number of amides is 1. The highest BCUT2D eigenvalue weighted by Crippen LogP contribution is 2.37. The van der Waals surface area contributed by atoms with Crippen LogP contribution in [0.2, 0.25) is 0 Å². The lowest BCUT2D eigenvalue weighted by atomic mass is 9.99. The van der Waals surface area contributed by atoms with Crippen molar-refractivity contribution >= 4 is 62.9 Å². The molecule has 0 aromatic carbocycles. The first-order valence-corrected chi connectivity index (χ1v) is 25.6. The Morgan fingerprint density at radius 3 is 1.40 bits per heavy atom. The van der Waals surface area contributed by atoms with Crippen LogP contribution in [0.25, 0.3) is 44.4 Å². The van der Waals surface area contributed by atoms with Crippen LogP contribution in [-0.2, 0) is 17.6 Å². The molecular weight excluding hydrogens is 781 g/mol. The largest absolute Gasteiger partial charge is 0.356 e. The Morgan fingerprint density at radius 1 is 0.548 bits per heavy atom. The lowest BCUT2D eigenvalue weighted by Gasteiger charge is -2.07. The van der Waals surface area contributed by atoms with Gasteiger partial charge < -0.3 is 21.0 Å². The molecule has 8 bridgehead atoms. The van der Waals surface area contributed by atoms with E-state index in [1.165, 1.54) is 141 Å². The predicted octanol–water partition coefficient (Wildman–Crippen LogP) is 14.5. The minimum Gasteiger partial charge on any atom is -0.356 e. The molecule has 5 rings (SSSR count). The number of nitrogens with two attached hydrogens (primary N) is 1. The molecule has 0 aliphatic carbocycles. The summed E-state index contributed by atoms with van der Waals surface area (Å²) in [5.41, 5.74) is 24.7. The lowest BCUT2D eigenvalue weighted by molar-refractivity contribution is -0.121. The van der Waals surface area contributed by atoms with E-state index in [0.717, 1.165) is 102 Å². The number of hydrogen-bond donors (Lipinski definition) is 5. The third-order valence-corrected chi connectivity index (χ3v) is 13.8. The maximum atomic E-state index is 13.1. The third kappa shape index (κ3) is 13.9. The van der Waals surface area contributed by atoms with Crippen molar-refractivity contribution in [1.82, 2.24) is 25.3 Å². The van der Waals surface area contributed by atoms with E-state index in [-0.39, 0.29) is 5.91 Å². The molecule has 0 spiro atoms. The van der Waals surface area contributed by atoms with Crippen molar-refractivity contribution in [3.8, 4) is 0 Å². The monoisotopic (exact) mass is 863 g/mol. The van der Waals surface area contributed by atoms with Gasteiger partial charge in [0.05, 0.1) is 22.8 Å². The average Bonchev–Trinajstić information content (AvgIpc) is 3.92. The molecule has 2 aliphatic rings. The zero-order valence-corrected chi connectivity index (χ0v) is 40.6. The number of H-pyrrole nitrogens is 2. The predicted molar refractivity (Wildman–Crippen MR) is 272 cm³/mol. The molecule has 5 N–H and O–H groups in total. The maximum absolute atomic E-state index is 13.1. The van der Waals surface area contributed by atoms with E-state index in [4.69, 9.17) is 15.7 Å². The number of fused-ring (bicyclic) bond motifs is 8. The Bertz CT molecular complexity index is 2140. The van der Waals surface area contributed by atoms with Gasteiger partial charge in [0.2, 0.25) is 5.91 Å². The molecule has 5 heterocycles. The molecule has 3 aromatic heterocycles. The number of allylic oxidation sites excluding steroid dienone is 4. The van der Waals surface area contributed by atoms with E-state index in [2.05, 4.69) is 93.7 Å². The Labute approximate surface area is 380 Å². The molecule has 0 atom stereocenters. The van der Waals surface area contributed by atoms with Gasteiger partial charge in [0.15, 0.2) is 0 Å². The van der Waals surface area contributed by atoms with Crippen molar-refractivity contribution in [1.29, 1.82) is 0 Å². The molecule has 0 saturated carbocycles. The summed E-state index contributed by atoms with van der Waals surface area (Å²) in [6.45, 7) is 14.6. The SMILES string of the molecule is CCCCCC1=C(C)c2cc3[nH]c(cc4nc(cc5[nH]c(cc1n2)c(C)c5CCN)C(C)=C4CCCCC)c(C)c3CCNC(=O)CCCCCCCCCCCCCCCS. The van der Waals surface area contributed by atoms with E-state index < -0.39 is 0 Å². The van der Waals surface area contributed by atoms with Gasteiger partial charge in [-0.3, -0.25) is 4.79 Å². The van der Waals surface area contributed by atoms with E-state index in [9.17, 15) is 4.79 Å². The highest BCUT2D eigenvalue weighted by Gasteiger charge is 2.21. The van der Waals surface area contributed by atoms with Crippen LogP contribution in [0.5, 0.6) is 0 Å². The summed E-state index contributed by atoms with van der Waals surface area (Å²) in [5.74, 6) is 1.19. The second-order valence-corrected chi connectivity index (χ2v) is 18.7. The van der Waals surface area contributed by atoms with Crippen molar-refractivity contribution < 1.29 is 4.79 Å². The Balaban J connectivity index is 1.38. The molecule has 0 radical (unpaired) electrons. The fraction of sp³-hybridized carbons (Fsp3) is 0.611. The number of thiol groups is 1. The summed E-state index contributed by atoms with van der Waals surface area (Å²) in [6, 6.07) is 9.05. The van der Waals surface area contributed by atoms with Crippen LogP contribution in [0.3, 0.4) is 0 Å². The van der Waals surface area contributed by atoms with Crippen LogP contribution in [0.15, 0.2) is 24.3 Å². The van der Waals surface area contributed by atoms with Crippen molar-refractivity contribution in [3.63, 3.8) is 0 Å². The van der Waals surface area contributed by atoms with Crippen molar-refractivity contribution in [2.75, 3.05) is 18.8 Å². The number of aromatic nitrogens is 4. The smallest absolute Gasteiger partial charge is 0.220 e. The summed E-state index contributed by atoms with van der Waals surface area (Å²) in [6.07, 6.45) is 27.9. The van der Waals surface area contributed by atoms with Gasteiger partial charge in [-0.25, -0.2) is 9.97 Å². The van der Waals surface area contributed by atoms with E-state index in [0.29, 0.717) is 19.5 Å². The second-order valence-electron chi connectivity index (χ2n) is 18.3. The summed E-state index contributed by atoms with van der Waals surface area (Å²) in [7, 11) is 0.